The van der Waals surface area contributed by atoms with Crippen LogP contribution in [0.1, 0.15) is 42.5 Å². The van der Waals surface area contributed by atoms with Crippen molar-refractivity contribution in [1.29, 1.82) is 0 Å². The fourth-order valence-electron chi connectivity index (χ4n) is 3.98. The molecule has 2 aliphatic rings. The monoisotopic (exact) mass is 379 g/mol. The van der Waals surface area contributed by atoms with Crippen LogP contribution < -0.4 is 5.48 Å². The van der Waals surface area contributed by atoms with Crippen molar-refractivity contribution in [2.45, 2.75) is 38.1 Å². The van der Waals surface area contributed by atoms with Crippen LogP contribution in [0.15, 0.2) is 24.3 Å². The highest BCUT2D eigenvalue weighted by Crippen LogP contribution is 2.24. The van der Waals surface area contributed by atoms with Gasteiger partial charge >= 0.3 is 0 Å². The molecule has 0 unspecified atom stereocenters. The summed E-state index contributed by atoms with van der Waals surface area (Å²) in [5.41, 5.74) is 2.52. The molecule has 2 heterocycles. The number of hydroxylamine groups is 1. The maximum atomic E-state index is 12.6. The van der Waals surface area contributed by atoms with Crippen molar-refractivity contribution >= 4 is 23.3 Å². The smallest absolute Gasteiger partial charge is 0.260 e. The molecule has 0 saturated carbocycles. The van der Waals surface area contributed by atoms with Crippen molar-refractivity contribution in [1.82, 2.24) is 15.3 Å². The Balaban J connectivity index is 1.52. The number of carbonyl (C=O) groups excluding carboxylic acids is 2. The average Bonchev–Trinajstić information content (AvgIpc) is 2.68. The van der Waals surface area contributed by atoms with Gasteiger partial charge in [0.15, 0.2) is 5.78 Å². The fourth-order valence-corrected chi connectivity index (χ4v) is 4.10. The predicted octanol–water partition coefficient (Wildman–Crippen LogP) is 2.55. The highest BCUT2D eigenvalue weighted by atomic mass is 35.5. The number of hydrogen-bond acceptors (Lipinski definition) is 5. The Bertz CT molecular complexity index is 629. The molecular weight excluding hydrogens is 354 g/mol. The lowest BCUT2D eigenvalue weighted by Gasteiger charge is -2.40. The van der Waals surface area contributed by atoms with Crippen molar-refractivity contribution < 1.29 is 14.8 Å². The van der Waals surface area contributed by atoms with Gasteiger partial charge in [-0.2, -0.15) is 0 Å². The second kappa shape index (κ2) is 8.95. The first kappa shape index (κ1) is 19.3. The van der Waals surface area contributed by atoms with E-state index in [1.807, 2.05) is 0 Å². The van der Waals surface area contributed by atoms with E-state index in [2.05, 4.69) is 9.80 Å². The number of amides is 1. The normalized spacial score (nSPS) is 22.9. The zero-order valence-electron chi connectivity index (χ0n) is 14.9. The number of Topliss-reactive ketones (excluding diaryl/α,β-unsaturated/α-hetero) is 1. The highest BCUT2D eigenvalue weighted by Gasteiger charge is 2.32. The molecule has 0 spiro atoms. The molecule has 142 valence electrons. The summed E-state index contributed by atoms with van der Waals surface area (Å²) in [4.78, 5) is 28.9. The van der Waals surface area contributed by atoms with Gasteiger partial charge in [0.1, 0.15) is 0 Å². The molecule has 1 aromatic carbocycles. The van der Waals surface area contributed by atoms with Crippen molar-refractivity contribution in [2.75, 3.05) is 26.3 Å². The van der Waals surface area contributed by atoms with Crippen LogP contribution in [0, 0.1) is 5.92 Å². The molecule has 0 bridgehead atoms. The lowest BCUT2D eigenvalue weighted by atomic mass is 9.89. The minimum Gasteiger partial charge on any atom is -0.294 e. The Hall–Kier alpha value is -1.47. The lowest BCUT2D eigenvalue weighted by Crippen LogP contribution is -2.53. The van der Waals surface area contributed by atoms with Crippen LogP contribution in [-0.2, 0) is 4.79 Å². The first-order valence-electron chi connectivity index (χ1n) is 9.28. The summed E-state index contributed by atoms with van der Waals surface area (Å²) >= 11 is 5.89. The van der Waals surface area contributed by atoms with E-state index in [9.17, 15) is 9.59 Å². The zero-order valence-corrected chi connectivity index (χ0v) is 15.6. The van der Waals surface area contributed by atoms with Crippen LogP contribution in [0.3, 0.4) is 0 Å². The molecule has 0 aliphatic carbocycles. The van der Waals surface area contributed by atoms with Gasteiger partial charge in [-0.3, -0.25) is 24.6 Å². The van der Waals surface area contributed by atoms with Crippen LogP contribution in [0.4, 0.5) is 0 Å². The van der Waals surface area contributed by atoms with Crippen molar-refractivity contribution in [2.24, 2.45) is 5.92 Å². The van der Waals surface area contributed by atoms with Gasteiger partial charge in [-0.25, -0.2) is 5.48 Å². The number of ketones is 1. The van der Waals surface area contributed by atoms with Crippen molar-refractivity contribution in [3.05, 3.63) is 34.9 Å². The molecule has 6 nitrogen and oxygen atoms in total. The van der Waals surface area contributed by atoms with Gasteiger partial charge < -0.3 is 0 Å². The van der Waals surface area contributed by atoms with Crippen LogP contribution in [0.5, 0.6) is 0 Å². The van der Waals surface area contributed by atoms with Gasteiger partial charge in [-0.05, 0) is 49.9 Å². The van der Waals surface area contributed by atoms with Crippen molar-refractivity contribution in [3.8, 4) is 0 Å². The maximum absolute atomic E-state index is 12.6. The number of benzene rings is 1. The molecule has 2 aliphatic heterocycles. The molecule has 0 aromatic heterocycles. The van der Waals surface area contributed by atoms with E-state index >= 15 is 0 Å². The standard InChI is InChI=1S/C19H26ClN3O3/c20-16-6-4-14(5-7-16)18(24)15-8-11-22(12-9-15)13-23-10-2-1-3-17(23)19(25)21-26/h4-7,15,17,26H,1-3,8-13H2,(H,21,25)/t17-/m1/s1. The Labute approximate surface area is 159 Å². The molecule has 2 N–H and O–H groups in total. The zero-order chi connectivity index (χ0) is 18.5. The first-order chi connectivity index (χ1) is 12.6. The fraction of sp³-hybridized carbons (Fsp3) is 0.579. The van der Waals surface area contributed by atoms with E-state index in [4.69, 9.17) is 16.8 Å². The van der Waals surface area contributed by atoms with Gasteiger partial charge in [0, 0.05) is 36.1 Å². The Morgan fingerprint density at radius 1 is 1.08 bits per heavy atom. The summed E-state index contributed by atoms with van der Waals surface area (Å²) in [6, 6.07) is 6.84. The minimum absolute atomic E-state index is 0.0466. The molecule has 7 heteroatoms. The third-order valence-corrected chi connectivity index (χ3v) is 5.75. The molecule has 3 rings (SSSR count). The molecule has 2 saturated heterocycles. The van der Waals surface area contributed by atoms with Gasteiger partial charge in [-0.15, -0.1) is 0 Å². The van der Waals surface area contributed by atoms with E-state index in [1.54, 1.807) is 29.7 Å². The SMILES string of the molecule is O=C(c1ccc(Cl)cc1)C1CCN(CN2CCCC[C@@H]2C(=O)NO)CC1. The summed E-state index contributed by atoms with van der Waals surface area (Å²) in [6.07, 6.45) is 4.50. The molecule has 2 fully saturated rings. The topological polar surface area (TPSA) is 72.9 Å². The Morgan fingerprint density at radius 3 is 2.42 bits per heavy atom. The quantitative estimate of drug-likeness (QED) is 0.467. The Morgan fingerprint density at radius 2 is 1.77 bits per heavy atom. The summed E-state index contributed by atoms with van der Waals surface area (Å²) < 4.78 is 0. The van der Waals surface area contributed by atoms with Gasteiger partial charge in [0.05, 0.1) is 12.7 Å². The summed E-state index contributed by atoms with van der Waals surface area (Å²) in [5.74, 6) is -0.0837. The number of hydrogen-bond donors (Lipinski definition) is 2. The number of halogens is 1. The molecule has 1 atom stereocenters. The third kappa shape index (κ3) is 4.62. The first-order valence-corrected chi connectivity index (χ1v) is 9.66. The minimum atomic E-state index is -0.322. The van der Waals surface area contributed by atoms with E-state index in [-0.39, 0.29) is 23.7 Å². The predicted molar refractivity (Wildman–Crippen MR) is 99.2 cm³/mol. The summed E-state index contributed by atoms with van der Waals surface area (Å²) in [5, 5.41) is 9.58. The number of carbonyl (C=O) groups is 2. The van der Waals surface area contributed by atoms with E-state index < -0.39 is 0 Å². The van der Waals surface area contributed by atoms with Crippen LogP contribution in [0.2, 0.25) is 5.02 Å². The Kier molecular flexibility index (Phi) is 6.64. The maximum Gasteiger partial charge on any atom is 0.260 e. The van der Waals surface area contributed by atoms with Gasteiger partial charge in [-0.1, -0.05) is 18.0 Å². The molecule has 1 amide bonds. The average molecular weight is 380 g/mol. The molecule has 26 heavy (non-hydrogen) atoms. The van der Waals surface area contributed by atoms with Gasteiger partial charge in [0.25, 0.3) is 5.91 Å². The second-order valence-corrected chi connectivity index (χ2v) is 7.64. The summed E-state index contributed by atoms with van der Waals surface area (Å²) in [6.45, 7) is 3.25. The van der Waals surface area contributed by atoms with E-state index in [0.29, 0.717) is 11.7 Å². The number of likely N-dealkylation sites (tertiary alicyclic amines) is 2. The molecule has 1 aromatic rings. The van der Waals surface area contributed by atoms with E-state index in [0.717, 1.165) is 57.3 Å². The molecular formula is C19H26ClN3O3. The lowest BCUT2D eigenvalue weighted by molar-refractivity contribution is -0.137. The molecule has 0 radical (unpaired) electrons. The number of piperidine rings is 2. The third-order valence-electron chi connectivity index (χ3n) is 5.50. The number of rotatable bonds is 5. The number of nitrogens with zero attached hydrogens (tertiary/aromatic N) is 2. The highest BCUT2D eigenvalue weighted by molar-refractivity contribution is 6.30. The number of nitrogens with one attached hydrogen (secondary N) is 1. The van der Waals surface area contributed by atoms with Crippen LogP contribution in [0.25, 0.3) is 0 Å². The van der Waals surface area contributed by atoms with Crippen LogP contribution >= 0.6 is 11.6 Å². The van der Waals surface area contributed by atoms with Crippen molar-refractivity contribution in [3.63, 3.8) is 0 Å². The van der Waals surface area contributed by atoms with Gasteiger partial charge in [0.2, 0.25) is 0 Å². The summed E-state index contributed by atoms with van der Waals surface area (Å²) in [7, 11) is 0. The largest absolute Gasteiger partial charge is 0.294 e. The van der Waals surface area contributed by atoms with Crippen LogP contribution in [-0.4, -0.2) is 59.0 Å². The second-order valence-electron chi connectivity index (χ2n) is 7.20. The van der Waals surface area contributed by atoms with E-state index in [1.165, 1.54) is 0 Å².